The highest BCUT2D eigenvalue weighted by Crippen LogP contribution is 2.23. The van der Waals surface area contributed by atoms with Gasteiger partial charge in [0, 0.05) is 17.2 Å². The van der Waals surface area contributed by atoms with E-state index in [-0.39, 0.29) is 30.0 Å². The lowest BCUT2D eigenvalue weighted by atomic mass is 10.1. The van der Waals surface area contributed by atoms with Crippen LogP contribution in [-0.2, 0) is 4.79 Å². The third-order valence-corrected chi connectivity index (χ3v) is 3.76. The van der Waals surface area contributed by atoms with Crippen molar-refractivity contribution in [2.24, 2.45) is 0 Å². The first-order valence-corrected chi connectivity index (χ1v) is 7.81. The summed E-state index contributed by atoms with van der Waals surface area (Å²) in [7, 11) is 0. The molecule has 124 valence electrons. The van der Waals surface area contributed by atoms with Gasteiger partial charge in [-0.25, -0.2) is 0 Å². The molecule has 2 amide bonds. The van der Waals surface area contributed by atoms with E-state index in [2.05, 4.69) is 10.6 Å². The number of furan rings is 1. The second kappa shape index (κ2) is 6.70. The van der Waals surface area contributed by atoms with E-state index in [4.69, 9.17) is 4.42 Å². The summed E-state index contributed by atoms with van der Waals surface area (Å²) >= 11 is 0. The number of amides is 2. The molecule has 24 heavy (non-hydrogen) atoms. The van der Waals surface area contributed by atoms with Gasteiger partial charge < -0.3 is 15.1 Å². The zero-order valence-electron chi connectivity index (χ0n) is 13.3. The molecule has 2 aromatic rings. The van der Waals surface area contributed by atoms with Crippen LogP contribution in [0.5, 0.6) is 0 Å². The number of Topliss-reactive ketones (excluding diaryl/α,β-unsaturated/α-hetero) is 1. The van der Waals surface area contributed by atoms with E-state index in [0.717, 1.165) is 18.4 Å². The van der Waals surface area contributed by atoms with Crippen LogP contribution in [0.15, 0.2) is 40.8 Å². The average molecular weight is 326 g/mol. The minimum absolute atomic E-state index is 0.00876. The Kier molecular flexibility index (Phi) is 4.46. The van der Waals surface area contributed by atoms with E-state index < -0.39 is 5.91 Å². The molecule has 0 radical (unpaired) electrons. The number of nitrogens with one attached hydrogen (secondary N) is 2. The van der Waals surface area contributed by atoms with Crippen LogP contribution in [-0.4, -0.2) is 30.2 Å². The van der Waals surface area contributed by atoms with Gasteiger partial charge >= 0.3 is 0 Å². The van der Waals surface area contributed by atoms with Crippen LogP contribution in [0, 0.1) is 0 Å². The molecule has 6 heteroatoms. The van der Waals surface area contributed by atoms with Crippen LogP contribution < -0.4 is 10.6 Å². The zero-order chi connectivity index (χ0) is 17.1. The van der Waals surface area contributed by atoms with Crippen LogP contribution >= 0.6 is 0 Å². The van der Waals surface area contributed by atoms with Crippen LogP contribution in [0.1, 0.15) is 40.7 Å². The van der Waals surface area contributed by atoms with Gasteiger partial charge in [-0.15, -0.1) is 0 Å². The first-order valence-electron chi connectivity index (χ1n) is 7.81. The number of ketones is 1. The summed E-state index contributed by atoms with van der Waals surface area (Å²) < 4.78 is 5.53. The lowest BCUT2D eigenvalue weighted by molar-refractivity contribution is -0.120. The zero-order valence-corrected chi connectivity index (χ0v) is 13.3. The third kappa shape index (κ3) is 3.90. The Hall–Kier alpha value is -2.89. The maximum atomic E-state index is 12.0. The average Bonchev–Trinajstić information content (AvgIpc) is 3.24. The molecule has 0 spiro atoms. The fourth-order valence-electron chi connectivity index (χ4n) is 2.24. The van der Waals surface area contributed by atoms with Crippen molar-refractivity contribution < 1.29 is 18.8 Å². The van der Waals surface area contributed by atoms with Crippen molar-refractivity contribution in [2.45, 2.75) is 25.8 Å². The highest BCUT2D eigenvalue weighted by molar-refractivity contribution is 5.95. The van der Waals surface area contributed by atoms with Crippen LogP contribution in [0.4, 0.5) is 0 Å². The standard InChI is InChI=1S/C18H18N2O4/c1-11(21)12-2-4-13(5-3-12)15-8-9-16(24-15)18(23)19-10-17(22)20-14-6-7-14/h2-5,8-9,14H,6-7,10H2,1H3,(H,19,23)(H,20,22). The van der Waals surface area contributed by atoms with Gasteiger partial charge in [0.25, 0.3) is 5.91 Å². The molecule has 1 fully saturated rings. The number of rotatable bonds is 6. The maximum absolute atomic E-state index is 12.0. The Morgan fingerprint density at radius 3 is 2.42 bits per heavy atom. The van der Waals surface area contributed by atoms with E-state index >= 15 is 0 Å². The van der Waals surface area contributed by atoms with Gasteiger partial charge in [-0.05, 0) is 31.9 Å². The molecule has 3 rings (SSSR count). The Morgan fingerprint density at radius 1 is 1.08 bits per heavy atom. The predicted octanol–water partition coefficient (Wildman–Crippen LogP) is 2.16. The first-order chi connectivity index (χ1) is 11.5. The van der Waals surface area contributed by atoms with Crippen molar-refractivity contribution in [1.82, 2.24) is 10.6 Å². The molecule has 2 N–H and O–H groups in total. The summed E-state index contributed by atoms with van der Waals surface area (Å²) in [6, 6.07) is 10.5. The summed E-state index contributed by atoms with van der Waals surface area (Å²) in [5.41, 5.74) is 1.38. The Labute approximate surface area is 139 Å². The van der Waals surface area contributed by atoms with Crippen molar-refractivity contribution in [2.75, 3.05) is 6.54 Å². The van der Waals surface area contributed by atoms with Gasteiger partial charge in [-0.1, -0.05) is 24.3 Å². The Balaban J connectivity index is 1.60. The van der Waals surface area contributed by atoms with Crippen molar-refractivity contribution in [1.29, 1.82) is 0 Å². The molecule has 0 aliphatic heterocycles. The quantitative estimate of drug-likeness (QED) is 0.796. The Morgan fingerprint density at radius 2 is 1.79 bits per heavy atom. The highest BCUT2D eigenvalue weighted by Gasteiger charge is 2.23. The van der Waals surface area contributed by atoms with Crippen molar-refractivity contribution in [3.8, 4) is 11.3 Å². The molecule has 1 saturated carbocycles. The largest absolute Gasteiger partial charge is 0.451 e. The molecule has 1 aromatic carbocycles. The van der Waals surface area contributed by atoms with Gasteiger partial charge in [0.05, 0.1) is 6.54 Å². The lowest BCUT2D eigenvalue weighted by Gasteiger charge is -2.04. The van der Waals surface area contributed by atoms with Crippen molar-refractivity contribution in [3.63, 3.8) is 0 Å². The van der Waals surface area contributed by atoms with E-state index in [0.29, 0.717) is 11.3 Å². The van der Waals surface area contributed by atoms with Crippen LogP contribution in [0.2, 0.25) is 0 Å². The number of carbonyl (C=O) groups excluding carboxylic acids is 3. The summed E-state index contributed by atoms with van der Waals surface area (Å²) in [4.78, 5) is 34.8. The van der Waals surface area contributed by atoms with Gasteiger partial charge in [0.1, 0.15) is 5.76 Å². The molecular formula is C18H18N2O4. The summed E-state index contributed by atoms with van der Waals surface area (Å²) in [5, 5.41) is 5.33. The van der Waals surface area contributed by atoms with Gasteiger partial charge in [-0.2, -0.15) is 0 Å². The molecule has 1 aliphatic carbocycles. The fourth-order valence-corrected chi connectivity index (χ4v) is 2.24. The molecule has 1 heterocycles. The highest BCUT2D eigenvalue weighted by atomic mass is 16.3. The molecule has 6 nitrogen and oxygen atoms in total. The molecule has 1 aromatic heterocycles. The maximum Gasteiger partial charge on any atom is 0.287 e. The summed E-state index contributed by atoms with van der Waals surface area (Å²) in [6.07, 6.45) is 2.01. The SMILES string of the molecule is CC(=O)c1ccc(-c2ccc(C(=O)NCC(=O)NC3CC3)o2)cc1. The summed E-state index contributed by atoms with van der Waals surface area (Å²) in [5.74, 6) is 0.0214. The van der Waals surface area contributed by atoms with Gasteiger partial charge in [0.15, 0.2) is 11.5 Å². The number of benzene rings is 1. The number of hydrogen-bond acceptors (Lipinski definition) is 4. The Bertz CT molecular complexity index is 773. The fraction of sp³-hybridized carbons (Fsp3) is 0.278. The van der Waals surface area contributed by atoms with E-state index in [1.54, 1.807) is 36.4 Å². The van der Waals surface area contributed by atoms with Crippen LogP contribution in [0.25, 0.3) is 11.3 Å². The third-order valence-electron chi connectivity index (χ3n) is 3.76. The minimum atomic E-state index is -0.437. The van der Waals surface area contributed by atoms with E-state index in [9.17, 15) is 14.4 Å². The summed E-state index contributed by atoms with van der Waals surface area (Å²) in [6.45, 7) is 1.43. The number of carbonyl (C=O) groups is 3. The van der Waals surface area contributed by atoms with E-state index in [1.807, 2.05) is 0 Å². The molecule has 1 aliphatic rings. The van der Waals surface area contributed by atoms with Gasteiger partial charge in [-0.3, -0.25) is 14.4 Å². The molecular weight excluding hydrogens is 308 g/mol. The van der Waals surface area contributed by atoms with E-state index in [1.165, 1.54) is 6.92 Å². The second-order valence-corrected chi connectivity index (χ2v) is 5.82. The van der Waals surface area contributed by atoms with Gasteiger partial charge in [0.2, 0.25) is 5.91 Å². The molecule has 0 atom stereocenters. The molecule has 0 bridgehead atoms. The van der Waals surface area contributed by atoms with Crippen molar-refractivity contribution in [3.05, 3.63) is 47.7 Å². The topological polar surface area (TPSA) is 88.4 Å². The number of hydrogen-bond donors (Lipinski definition) is 2. The monoisotopic (exact) mass is 326 g/mol. The lowest BCUT2D eigenvalue weighted by Crippen LogP contribution is -2.37. The smallest absolute Gasteiger partial charge is 0.287 e. The second-order valence-electron chi connectivity index (χ2n) is 5.82. The van der Waals surface area contributed by atoms with Crippen molar-refractivity contribution >= 4 is 17.6 Å². The molecule has 0 saturated heterocycles. The molecule has 0 unspecified atom stereocenters. The first kappa shape index (κ1) is 16.0. The predicted molar refractivity (Wildman–Crippen MR) is 87.6 cm³/mol. The minimum Gasteiger partial charge on any atom is -0.451 e. The normalized spacial score (nSPS) is 13.4. The van der Waals surface area contributed by atoms with Crippen LogP contribution in [0.3, 0.4) is 0 Å².